The average Bonchev–Trinajstić information content (AvgIpc) is 3.00. The van der Waals surface area contributed by atoms with Gasteiger partial charge in [-0.1, -0.05) is 19.9 Å². The van der Waals surface area contributed by atoms with Crippen molar-refractivity contribution < 1.29 is 63.4 Å². The first-order chi connectivity index (χ1) is 8.86. The Morgan fingerprint density at radius 2 is 1.64 bits per heavy atom. The van der Waals surface area contributed by atoms with Gasteiger partial charge in [0.25, 0.3) is 0 Å². The Hall–Kier alpha value is 0.283. The van der Waals surface area contributed by atoms with Crippen molar-refractivity contribution in [3.63, 3.8) is 0 Å². The van der Waals surface area contributed by atoms with Crippen LogP contribution < -0.4 is 37.2 Å². The molecule has 1 aliphatic rings. The third-order valence-electron chi connectivity index (χ3n) is 2.87. The van der Waals surface area contributed by atoms with E-state index < -0.39 is 0 Å². The van der Waals surface area contributed by atoms with Gasteiger partial charge in [0.05, 0.1) is 0 Å². The Balaban J connectivity index is -0.000000156. The summed E-state index contributed by atoms with van der Waals surface area (Å²) in [6.07, 6.45) is 12.3. The van der Waals surface area contributed by atoms with Gasteiger partial charge in [-0.2, -0.15) is 30.2 Å². The summed E-state index contributed by atoms with van der Waals surface area (Å²) in [6.45, 7) is 7.70. The van der Waals surface area contributed by atoms with Crippen LogP contribution in [0, 0.1) is 12.5 Å². The molecule has 0 saturated carbocycles. The van der Waals surface area contributed by atoms with Crippen LogP contribution in [0.15, 0.2) is 48.6 Å². The number of hydrogen-bond acceptors (Lipinski definition) is 1. The summed E-state index contributed by atoms with van der Waals surface area (Å²) >= 11 is 0. The summed E-state index contributed by atoms with van der Waals surface area (Å²) in [7, 11) is 0. The molecule has 0 spiro atoms. The normalized spacial score (nSPS) is 10.1. The van der Waals surface area contributed by atoms with Crippen molar-refractivity contribution in [3.05, 3.63) is 66.6 Å². The van der Waals surface area contributed by atoms with Gasteiger partial charge < -0.3 is 42.1 Å². The van der Waals surface area contributed by atoms with E-state index in [9.17, 15) is 0 Å². The average molecular weight is 439 g/mol. The molecule has 0 unspecified atom stereocenters. The molecule has 0 bridgehead atoms. The van der Waals surface area contributed by atoms with Gasteiger partial charge >= 0.3 is 26.2 Å². The molecule has 0 heterocycles. The van der Waals surface area contributed by atoms with Crippen LogP contribution in [0.5, 0.6) is 0 Å². The first kappa shape index (κ1) is 30.2. The summed E-state index contributed by atoms with van der Waals surface area (Å²) in [5, 5.41) is 0. The topological polar surface area (TPSA) is 3.24 Å². The number of rotatable bonds is 5. The molecule has 0 fully saturated rings. The number of hydrogen-bond donors (Lipinski definition) is 0. The van der Waals surface area contributed by atoms with E-state index in [4.69, 9.17) is 0 Å². The van der Waals surface area contributed by atoms with E-state index in [2.05, 4.69) is 67.7 Å². The van der Waals surface area contributed by atoms with Gasteiger partial charge in [0.2, 0.25) is 0 Å². The second kappa shape index (κ2) is 21.3. The van der Waals surface area contributed by atoms with Crippen LogP contribution in [0.2, 0.25) is 0 Å². The third-order valence-corrected chi connectivity index (χ3v) is 2.87. The molecule has 0 N–H and O–H groups in total. The van der Waals surface area contributed by atoms with Crippen molar-refractivity contribution in [2.24, 2.45) is 0 Å². The van der Waals surface area contributed by atoms with Crippen molar-refractivity contribution in [2.75, 3.05) is 19.6 Å². The van der Waals surface area contributed by atoms with Gasteiger partial charge in [0.1, 0.15) is 0 Å². The van der Waals surface area contributed by atoms with E-state index in [0.717, 1.165) is 26.1 Å². The summed E-state index contributed by atoms with van der Waals surface area (Å²) < 4.78 is 0. The predicted molar refractivity (Wildman–Crippen MR) is 79.2 cm³/mol. The van der Waals surface area contributed by atoms with Crippen molar-refractivity contribution >= 4 is 0 Å². The number of allylic oxidation sites excluding steroid dienone is 4. The Labute approximate surface area is 174 Å². The molecule has 1 nitrogen and oxygen atoms in total. The van der Waals surface area contributed by atoms with Crippen molar-refractivity contribution in [1.29, 1.82) is 0 Å². The molecule has 1 aliphatic carbocycles. The zero-order chi connectivity index (χ0) is 13.1. The Morgan fingerprint density at radius 3 is 2.00 bits per heavy atom. The zero-order valence-electron chi connectivity index (χ0n) is 13.1. The molecule has 0 amide bonds. The van der Waals surface area contributed by atoms with E-state index in [0.29, 0.717) is 0 Å². The van der Waals surface area contributed by atoms with E-state index in [1.807, 2.05) is 12.2 Å². The maximum Gasteiger partial charge on any atom is 3.00 e. The van der Waals surface area contributed by atoms with Crippen LogP contribution in [0.1, 0.15) is 25.8 Å². The number of benzene rings is 1. The Bertz CT molecular complexity index is 355. The van der Waals surface area contributed by atoms with E-state index >= 15 is 0 Å². The van der Waals surface area contributed by atoms with Gasteiger partial charge in [-0.25, -0.2) is 12.2 Å². The van der Waals surface area contributed by atoms with Crippen LogP contribution in [0.25, 0.3) is 0 Å². The predicted octanol–water partition coefficient (Wildman–Crippen LogP) is -5.10. The minimum Gasteiger partial charge on any atom is -1.00 e. The van der Waals surface area contributed by atoms with Gasteiger partial charge in [-0.3, -0.25) is 6.08 Å². The minimum absolute atomic E-state index is 0. The fraction of sp³-hybridized carbons (Fsp3) is 0.353. The smallest absolute Gasteiger partial charge is 1.00 e. The summed E-state index contributed by atoms with van der Waals surface area (Å²) in [6, 6.07) is 10.5. The van der Waals surface area contributed by atoms with Crippen molar-refractivity contribution in [3.8, 4) is 0 Å². The van der Waals surface area contributed by atoms with E-state index in [1.54, 1.807) is 0 Å². The molecular weight excluding hydrogens is 416 g/mol. The number of halogens is 3. The summed E-state index contributed by atoms with van der Waals surface area (Å²) in [5.74, 6) is 0. The molecular formula is C17H23Cl3NZr-2. The molecule has 22 heavy (non-hydrogen) atoms. The molecule has 1 aromatic rings. The standard InChI is InChI=1S/C12H18N.C5H5.3ClH.Zr/c1-3-13(4-2)11-10-12-8-6-5-7-9-12;1-2-4-5-3-1;;;;/h5-10H,3-4,11H2,1-2H3;1-3H,4H2;3*1H;/q2*-1;;;;+3/p-3. The molecule has 5 heteroatoms. The number of likely N-dealkylation sites (N-methyl/N-ethyl adjacent to an activating group) is 1. The van der Waals surface area contributed by atoms with Crippen LogP contribution in [0.3, 0.4) is 0 Å². The number of nitrogens with zero attached hydrogens (tertiary/aromatic N) is 1. The van der Waals surface area contributed by atoms with Crippen LogP contribution in [0.4, 0.5) is 0 Å². The second-order valence-electron chi connectivity index (χ2n) is 4.10. The molecule has 0 aromatic heterocycles. The molecule has 0 aliphatic heterocycles. The maximum atomic E-state index is 2.99. The quantitative estimate of drug-likeness (QED) is 0.416. The van der Waals surface area contributed by atoms with Crippen LogP contribution >= 0.6 is 0 Å². The van der Waals surface area contributed by atoms with Gasteiger partial charge in [0, 0.05) is 0 Å². The van der Waals surface area contributed by atoms with Crippen molar-refractivity contribution in [2.45, 2.75) is 20.3 Å². The monoisotopic (exact) mass is 436 g/mol. The molecule has 2 rings (SSSR count). The fourth-order valence-electron chi connectivity index (χ4n) is 1.65. The van der Waals surface area contributed by atoms with Gasteiger partial charge in [-0.15, -0.1) is 18.6 Å². The fourth-order valence-corrected chi connectivity index (χ4v) is 1.65. The maximum absolute atomic E-state index is 2.99. The Morgan fingerprint density at radius 1 is 1.05 bits per heavy atom. The zero-order valence-corrected chi connectivity index (χ0v) is 17.8. The van der Waals surface area contributed by atoms with Gasteiger partial charge in [-0.05, 0) is 19.6 Å². The Kier molecular flexibility index (Phi) is 29.2. The minimum atomic E-state index is 0. The first-order valence-corrected chi connectivity index (χ1v) is 6.69. The summed E-state index contributed by atoms with van der Waals surface area (Å²) in [5.41, 5.74) is 1.31. The van der Waals surface area contributed by atoms with E-state index in [-0.39, 0.29) is 63.4 Å². The van der Waals surface area contributed by atoms with E-state index in [1.165, 1.54) is 5.56 Å². The molecule has 0 atom stereocenters. The molecule has 1 radical (unpaired) electrons. The van der Waals surface area contributed by atoms with Crippen LogP contribution in [-0.4, -0.2) is 24.5 Å². The van der Waals surface area contributed by atoms with Gasteiger partial charge in [0.15, 0.2) is 0 Å². The molecule has 123 valence electrons. The van der Waals surface area contributed by atoms with Crippen molar-refractivity contribution in [1.82, 2.24) is 4.90 Å². The third kappa shape index (κ3) is 15.2. The first-order valence-electron chi connectivity index (χ1n) is 6.69. The second-order valence-corrected chi connectivity index (χ2v) is 4.10. The largest absolute Gasteiger partial charge is 3.00 e. The summed E-state index contributed by atoms with van der Waals surface area (Å²) in [4.78, 5) is 2.40. The molecule has 1 aromatic carbocycles. The molecule has 0 saturated heterocycles. The SMILES string of the molecule is CCN(CC)C[CH-]c1ccccc1.[C-]1=CC=CC1.[Cl-].[Cl-].[Cl-].[Zr+3]. The van der Waals surface area contributed by atoms with Crippen LogP contribution in [-0.2, 0) is 26.2 Å².